The molecular weight excluding hydrogens is 222 g/mol. The van der Waals surface area contributed by atoms with Gasteiger partial charge in [0.05, 0.1) is 12.7 Å². The van der Waals surface area contributed by atoms with E-state index in [1.54, 1.807) is 0 Å². The molecule has 1 unspecified atom stereocenters. The zero-order valence-electron chi connectivity index (χ0n) is 7.01. The molecule has 1 N–H and O–H groups in total. The molecule has 0 aromatic rings. The van der Waals surface area contributed by atoms with Gasteiger partial charge in [-0.2, -0.15) is 0 Å². The summed E-state index contributed by atoms with van der Waals surface area (Å²) in [5.74, 6) is -0.246. The lowest BCUT2D eigenvalue weighted by atomic mass is 10.1. The Hall–Kier alpha value is 0.360. The molecule has 12 heavy (non-hydrogen) atoms. The lowest BCUT2D eigenvalue weighted by molar-refractivity contribution is -0.180. The van der Waals surface area contributed by atoms with Gasteiger partial charge in [-0.15, -0.1) is 0 Å². The third-order valence-corrected chi connectivity index (χ3v) is 3.17. The number of alkyl halides is 1. The molecule has 2 aliphatic heterocycles. The Morgan fingerprint density at radius 2 is 2.17 bits per heavy atom. The topological polar surface area (TPSA) is 30.5 Å². The summed E-state index contributed by atoms with van der Waals surface area (Å²) in [6.45, 7) is 2.76. The van der Waals surface area contributed by atoms with Crippen LogP contribution in [-0.4, -0.2) is 36.9 Å². The fourth-order valence-corrected chi connectivity index (χ4v) is 2.08. The fourth-order valence-electron chi connectivity index (χ4n) is 1.76. The van der Waals surface area contributed by atoms with Crippen molar-refractivity contribution in [1.29, 1.82) is 0 Å². The highest BCUT2D eigenvalue weighted by atomic mass is 79.9. The minimum absolute atomic E-state index is 0.246. The first-order valence-corrected chi connectivity index (χ1v) is 5.55. The molecule has 4 heteroatoms. The number of piperidine rings is 1. The zero-order valence-corrected chi connectivity index (χ0v) is 8.60. The second-order valence-electron chi connectivity index (χ2n) is 3.37. The molecule has 2 aliphatic rings. The summed E-state index contributed by atoms with van der Waals surface area (Å²) in [5, 5.41) is 4.17. The summed E-state index contributed by atoms with van der Waals surface area (Å²) in [6.07, 6.45) is 2.22. The van der Waals surface area contributed by atoms with Gasteiger partial charge in [0.15, 0.2) is 5.79 Å². The SMILES string of the molecule is BrCC1COC2(CCNCC2)O1. The molecule has 0 radical (unpaired) electrons. The smallest absolute Gasteiger partial charge is 0.171 e. The van der Waals surface area contributed by atoms with Crippen molar-refractivity contribution in [2.45, 2.75) is 24.7 Å². The van der Waals surface area contributed by atoms with E-state index in [1.807, 2.05) is 0 Å². The summed E-state index contributed by atoms with van der Waals surface area (Å²) in [4.78, 5) is 0. The highest BCUT2D eigenvalue weighted by Gasteiger charge is 2.41. The lowest BCUT2D eigenvalue weighted by Gasteiger charge is -2.32. The molecule has 2 saturated heterocycles. The van der Waals surface area contributed by atoms with Crippen molar-refractivity contribution in [2.75, 3.05) is 25.0 Å². The van der Waals surface area contributed by atoms with Crippen molar-refractivity contribution in [3.05, 3.63) is 0 Å². The van der Waals surface area contributed by atoms with Crippen LogP contribution < -0.4 is 5.32 Å². The second kappa shape index (κ2) is 3.62. The predicted octanol–water partition coefficient (Wildman–Crippen LogP) is 0.876. The lowest BCUT2D eigenvalue weighted by Crippen LogP contribution is -2.43. The van der Waals surface area contributed by atoms with E-state index in [0.717, 1.165) is 37.9 Å². The van der Waals surface area contributed by atoms with Crippen molar-refractivity contribution < 1.29 is 9.47 Å². The van der Waals surface area contributed by atoms with Gasteiger partial charge in [-0.1, -0.05) is 15.9 Å². The minimum Gasteiger partial charge on any atom is -0.347 e. The molecule has 70 valence electrons. The monoisotopic (exact) mass is 235 g/mol. The van der Waals surface area contributed by atoms with Crippen molar-refractivity contribution in [3.63, 3.8) is 0 Å². The van der Waals surface area contributed by atoms with E-state index in [-0.39, 0.29) is 11.9 Å². The molecule has 1 atom stereocenters. The predicted molar refractivity (Wildman–Crippen MR) is 49.5 cm³/mol. The third kappa shape index (κ3) is 1.66. The number of hydrogen-bond donors (Lipinski definition) is 1. The first-order valence-electron chi connectivity index (χ1n) is 4.43. The fraction of sp³-hybridized carbons (Fsp3) is 1.00. The molecule has 0 aliphatic carbocycles. The quantitative estimate of drug-likeness (QED) is 0.685. The van der Waals surface area contributed by atoms with Crippen LogP contribution in [0.3, 0.4) is 0 Å². The molecule has 0 aromatic carbocycles. The molecule has 3 nitrogen and oxygen atoms in total. The number of nitrogens with one attached hydrogen (secondary N) is 1. The number of rotatable bonds is 1. The third-order valence-electron chi connectivity index (χ3n) is 2.45. The van der Waals surface area contributed by atoms with Gasteiger partial charge >= 0.3 is 0 Å². The van der Waals surface area contributed by atoms with Crippen LogP contribution in [0.2, 0.25) is 0 Å². The summed E-state index contributed by atoms with van der Waals surface area (Å²) in [5.41, 5.74) is 0. The number of halogens is 1. The van der Waals surface area contributed by atoms with E-state index >= 15 is 0 Å². The zero-order chi connectivity index (χ0) is 8.44. The van der Waals surface area contributed by atoms with Crippen molar-refractivity contribution in [2.24, 2.45) is 0 Å². The Labute approximate surface area is 80.9 Å². The highest BCUT2D eigenvalue weighted by Crippen LogP contribution is 2.32. The molecular formula is C8H14BrNO2. The molecule has 0 amide bonds. The van der Waals surface area contributed by atoms with E-state index in [2.05, 4.69) is 21.2 Å². The summed E-state index contributed by atoms with van der Waals surface area (Å²) in [6, 6.07) is 0. The summed E-state index contributed by atoms with van der Waals surface area (Å²) >= 11 is 3.41. The van der Waals surface area contributed by atoms with Crippen molar-refractivity contribution in [1.82, 2.24) is 5.32 Å². The van der Waals surface area contributed by atoms with Crippen LogP contribution in [0.15, 0.2) is 0 Å². The van der Waals surface area contributed by atoms with E-state index in [0.29, 0.717) is 0 Å². The molecule has 1 spiro atoms. The van der Waals surface area contributed by atoms with Crippen LogP contribution in [0.4, 0.5) is 0 Å². The molecule has 0 aromatic heterocycles. The van der Waals surface area contributed by atoms with Crippen LogP contribution in [0.5, 0.6) is 0 Å². The summed E-state index contributed by atoms with van der Waals surface area (Å²) in [7, 11) is 0. The maximum atomic E-state index is 5.83. The van der Waals surface area contributed by atoms with Crippen LogP contribution in [0.25, 0.3) is 0 Å². The van der Waals surface area contributed by atoms with Gasteiger partial charge in [0.2, 0.25) is 0 Å². The Kier molecular flexibility index (Phi) is 2.69. The maximum absolute atomic E-state index is 5.83. The molecule has 0 bridgehead atoms. The Morgan fingerprint density at radius 3 is 2.75 bits per heavy atom. The number of hydrogen-bond acceptors (Lipinski definition) is 3. The van der Waals surface area contributed by atoms with Gasteiger partial charge in [0.1, 0.15) is 0 Å². The number of ether oxygens (including phenoxy) is 2. The largest absolute Gasteiger partial charge is 0.347 e. The molecule has 0 saturated carbocycles. The van der Waals surface area contributed by atoms with Crippen LogP contribution in [0.1, 0.15) is 12.8 Å². The second-order valence-corrected chi connectivity index (χ2v) is 4.01. The minimum atomic E-state index is -0.246. The first kappa shape index (κ1) is 8.94. The van der Waals surface area contributed by atoms with Gasteiger partial charge in [-0.3, -0.25) is 0 Å². The first-order chi connectivity index (χ1) is 5.85. The Balaban J connectivity index is 1.94. The van der Waals surface area contributed by atoms with E-state index in [1.165, 1.54) is 0 Å². The Morgan fingerprint density at radius 1 is 1.42 bits per heavy atom. The van der Waals surface area contributed by atoms with Gasteiger partial charge in [0.25, 0.3) is 0 Å². The van der Waals surface area contributed by atoms with E-state index in [9.17, 15) is 0 Å². The van der Waals surface area contributed by atoms with Crippen molar-refractivity contribution in [3.8, 4) is 0 Å². The molecule has 2 rings (SSSR count). The summed E-state index contributed by atoms with van der Waals surface area (Å²) < 4.78 is 11.5. The van der Waals surface area contributed by atoms with Gasteiger partial charge < -0.3 is 14.8 Å². The standard InChI is InChI=1S/C8H14BrNO2/c9-5-7-6-11-8(12-7)1-3-10-4-2-8/h7,10H,1-6H2. The van der Waals surface area contributed by atoms with Crippen LogP contribution in [-0.2, 0) is 9.47 Å². The van der Waals surface area contributed by atoms with Crippen LogP contribution in [0, 0.1) is 0 Å². The molecule has 2 heterocycles. The van der Waals surface area contributed by atoms with Crippen molar-refractivity contribution >= 4 is 15.9 Å². The average molecular weight is 236 g/mol. The van der Waals surface area contributed by atoms with Crippen LogP contribution >= 0.6 is 15.9 Å². The van der Waals surface area contributed by atoms with Gasteiger partial charge in [0, 0.05) is 31.3 Å². The maximum Gasteiger partial charge on any atom is 0.171 e. The van der Waals surface area contributed by atoms with E-state index in [4.69, 9.17) is 9.47 Å². The highest BCUT2D eigenvalue weighted by molar-refractivity contribution is 9.09. The average Bonchev–Trinajstić information content (AvgIpc) is 2.50. The normalized spacial score (nSPS) is 34.2. The van der Waals surface area contributed by atoms with E-state index < -0.39 is 0 Å². The van der Waals surface area contributed by atoms with Gasteiger partial charge in [-0.05, 0) is 0 Å². The van der Waals surface area contributed by atoms with Gasteiger partial charge in [-0.25, -0.2) is 0 Å². The Bertz CT molecular complexity index is 159. The molecule has 2 fully saturated rings.